The minimum Gasteiger partial charge on any atom is -0.459 e. The molecule has 9 rings (SSSR count). The van der Waals surface area contributed by atoms with E-state index in [1.54, 1.807) is 0 Å². The molecule has 9 saturated heterocycles. The number of esters is 1. The van der Waals surface area contributed by atoms with Gasteiger partial charge in [0.25, 0.3) is 0 Å². The van der Waals surface area contributed by atoms with Crippen molar-refractivity contribution >= 4 is 59.5 Å². The molecule has 10 bridgehead atoms. The minimum atomic E-state index is -1.93. The Morgan fingerprint density at radius 1 is 0.742 bits per heavy atom. The first-order valence-electron chi connectivity index (χ1n) is 24.1. The molecule has 62 heavy (non-hydrogen) atoms. The van der Waals surface area contributed by atoms with Gasteiger partial charge in [0, 0.05) is 36.0 Å². The summed E-state index contributed by atoms with van der Waals surface area (Å²) in [4.78, 5) is 14.3. The normalized spacial score (nSPS) is 49.9. The SMILES string of the molecule is C=C1C[C@@H]2CC[C@]34C[C@@H](O)C(O3)[C@@H]3O[C@H]5CC[C@H](CC(=O)O[C@@H]6[C@@H](C)[C@@H]7O[C@H](CI)C(O[Si](CC)(CC)CC)C[C@@H]7O[C@H]6C[C@H]6O[C@@H](CC[C@@H]1O2)C[C@@H](C)C6=C)O[C@@H]5C(O4)C3I. The van der Waals surface area contributed by atoms with Crippen LogP contribution in [-0.2, 0) is 51.9 Å². The molecule has 15 heteroatoms. The number of fused-ring (bicyclic) bond motifs is 10. The fourth-order valence-corrected chi connectivity index (χ4v) is 17.4. The van der Waals surface area contributed by atoms with Gasteiger partial charge in [0.2, 0.25) is 0 Å². The number of carbonyl (C=O) groups is 1. The van der Waals surface area contributed by atoms with Crippen LogP contribution < -0.4 is 0 Å². The Kier molecular flexibility index (Phi) is 14.7. The van der Waals surface area contributed by atoms with Crippen molar-refractivity contribution in [2.24, 2.45) is 11.8 Å². The van der Waals surface area contributed by atoms with Crippen LogP contribution in [0.2, 0.25) is 18.1 Å². The summed E-state index contributed by atoms with van der Waals surface area (Å²) < 4.78 is 69.6. The molecule has 1 N–H and O–H groups in total. The zero-order valence-corrected chi connectivity index (χ0v) is 42.8. The molecule has 0 aromatic carbocycles. The highest BCUT2D eigenvalue weighted by molar-refractivity contribution is 14.1. The number of aliphatic hydroxyl groups is 1. The lowest BCUT2D eigenvalue weighted by molar-refractivity contribution is -0.276. The second-order valence-electron chi connectivity index (χ2n) is 20.3. The predicted molar refractivity (Wildman–Crippen MR) is 251 cm³/mol. The van der Waals surface area contributed by atoms with Crippen molar-refractivity contribution in [2.45, 2.75) is 243 Å². The van der Waals surface area contributed by atoms with Gasteiger partial charge in [0.1, 0.15) is 30.5 Å². The van der Waals surface area contributed by atoms with E-state index in [-0.39, 0.29) is 108 Å². The lowest BCUT2D eigenvalue weighted by Crippen LogP contribution is -2.63. The predicted octanol–water partition coefficient (Wildman–Crippen LogP) is 8.07. The van der Waals surface area contributed by atoms with Crippen molar-refractivity contribution in [3.8, 4) is 0 Å². The van der Waals surface area contributed by atoms with E-state index in [2.05, 4.69) is 93.0 Å². The quantitative estimate of drug-likeness (QED) is 0.0909. The first kappa shape index (κ1) is 47.3. The van der Waals surface area contributed by atoms with Crippen LogP contribution in [0.15, 0.2) is 24.3 Å². The number of hydrogen-bond acceptors (Lipinski definition) is 12. The molecular weight excluding hydrogens is 1040 g/mol. The van der Waals surface area contributed by atoms with Crippen LogP contribution in [0.1, 0.15) is 112 Å². The van der Waals surface area contributed by atoms with Crippen LogP contribution in [0.3, 0.4) is 0 Å². The molecule has 9 heterocycles. The Morgan fingerprint density at radius 2 is 1.45 bits per heavy atom. The number of aliphatic hydroxyl groups excluding tert-OH is 1. The number of carbonyl (C=O) groups excluding carboxylic acids is 1. The molecule has 0 aromatic heterocycles. The summed E-state index contributed by atoms with van der Waals surface area (Å²) >= 11 is 4.84. The highest BCUT2D eigenvalue weighted by Gasteiger charge is 2.63. The summed E-state index contributed by atoms with van der Waals surface area (Å²) in [5.41, 5.74) is 2.18. The van der Waals surface area contributed by atoms with Gasteiger partial charge in [-0.15, -0.1) is 0 Å². The highest BCUT2D eigenvalue weighted by atomic mass is 127. The summed E-state index contributed by atoms with van der Waals surface area (Å²) in [5.74, 6) is -1.15. The Morgan fingerprint density at radius 3 is 2.21 bits per heavy atom. The fraction of sp³-hybridized carbons (Fsp3) is 0.894. The fourth-order valence-electron chi connectivity index (χ4n) is 12.6. The Hall–Kier alpha value is 0.227. The molecule has 9 fully saturated rings. The summed E-state index contributed by atoms with van der Waals surface area (Å²) in [6, 6.07) is 3.22. The molecule has 350 valence electrons. The van der Waals surface area contributed by atoms with Crippen LogP contribution >= 0.6 is 45.2 Å². The standard InChI is InChI=1S/C47H72I2O12Si/c1-8-62(9-2,10-3)61-35-21-37-41(57-38(35)23-48)27(7)42-36(55-37)20-34-26(6)24(4)17-28(53-34)11-13-32-25(5)18-30(52-32)15-16-47-22-31(50)43(59-47)45-40(49)46(60-47)44-33(56-45)14-12-29(54-44)19-39(51)58-42/h24,27-38,40-46,50H,5-6,8-23H2,1-4,7H3/t24-,27+,28+,29-,30+,31-,32+,33+,34-,35?,36+,37+,38-,40?,41+,42-,43?,44+,45-,46?,47+/m1/s1. The second-order valence-corrected chi connectivity index (χ2v) is 27.4. The minimum absolute atomic E-state index is 0.0120. The Balaban J connectivity index is 0.995. The van der Waals surface area contributed by atoms with E-state index in [1.807, 2.05) is 0 Å². The van der Waals surface area contributed by atoms with Crippen molar-refractivity contribution in [3.63, 3.8) is 0 Å². The third-order valence-electron chi connectivity index (χ3n) is 16.5. The molecule has 9 aliphatic rings. The van der Waals surface area contributed by atoms with Gasteiger partial charge in [-0.3, -0.25) is 4.79 Å². The van der Waals surface area contributed by atoms with Gasteiger partial charge < -0.3 is 52.2 Å². The summed E-state index contributed by atoms with van der Waals surface area (Å²) in [6.45, 7) is 20.3. The van der Waals surface area contributed by atoms with E-state index in [0.717, 1.165) is 72.2 Å². The van der Waals surface area contributed by atoms with Crippen LogP contribution in [0.4, 0.5) is 0 Å². The molecule has 0 amide bonds. The molecule has 0 aromatic rings. The smallest absolute Gasteiger partial charge is 0.308 e. The van der Waals surface area contributed by atoms with Crippen LogP contribution in [0, 0.1) is 11.8 Å². The van der Waals surface area contributed by atoms with Crippen molar-refractivity contribution in [2.75, 3.05) is 4.43 Å². The van der Waals surface area contributed by atoms with E-state index in [9.17, 15) is 9.90 Å². The first-order valence-corrected chi connectivity index (χ1v) is 29.5. The molecule has 4 unspecified atom stereocenters. The number of alkyl halides is 2. The van der Waals surface area contributed by atoms with Gasteiger partial charge in [-0.25, -0.2) is 0 Å². The Labute approximate surface area is 397 Å². The molecule has 9 aliphatic heterocycles. The van der Waals surface area contributed by atoms with Crippen LogP contribution in [-0.4, -0.2) is 137 Å². The van der Waals surface area contributed by atoms with E-state index in [0.29, 0.717) is 32.1 Å². The van der Waals surface area contributed by atoms with Gasteiger partial charge in [0.05, 0.1) is 83.6 Å². The Bertz CT molecular complexity index is 1630. The van der Waals surface area contributed by atoms with Crippen molar-refractivity contribution in [3.05, 3.63) is 24.3 Å². The van der Waals surface area contributed by atoms with Crippen LogP contribution in [0.25, 0.3) is 0 Å². The summed E-state index contributed by atoms with van der Waals surface area (Å²) in [5, 5.41) is 11.4. The van der Waals surface area contributed by atoms with Crippen molar-refractivity contribution in [1.82, 2.24) is 0 Å². The van der Waals surface area contributed by atoms with Gasteiger partial charge in [-0.2, -0.15) is 0 Å². The molecular formula is C47H72I2O12Si. The highest BCUT2D eigenvalue weighted by Crippen LogP contribution is 2.51. The average Bonchev–Trinajstić information content (AvgIpc) is 3.77. The molecule has 0 radical (unpaired) electrons. The lowest BCUT2D eigenvalue weighted by atomic mass is 9.79. The maximum absolute atomic E-state index is 14.3. The molecule has 1 spiro atoms. The van der Waals surface area contributed by atoms with Gasteiger partial charge >= 0.3 is 5.97 Å². The summed E-state index contributed by atoms with van der Waals surface area (Å²) in [6.07, 6.45) is 3.10. The lowest BCUT2D eigenvalue weighted by Gasteiger charge is -2.52. The second kappa shape index (κ2) is 19.3. The zero-order chi connectivity index (χ0) is 43.7. The van der Waals surface area contributed by atoms with Gasteiger partial charge in [-0.05, 0) is 80.1 Å². The molecule has 12 nitrogen and oxygen atoms in total. The number of hydrogen-bond donors (Lipinski definition) is 1. The topological polar surface area (TPSA) is 130 Å². The van der Waals surface area contributed by atoms with E-state index < -0.39 is 38.5 Å². The molecule has 21 atom stereocenters. The molecule has 0 saturated carbocycles. The zero-order valence-electron chi connectivity index (χ0n) is 37.5. The first-order chi connectivity index (χ1) is 29.7. The van der Waals surface area contributed by atoms with E-state index in [1.165, 1.54) is 0 Å². The maximum Gasteiger partial charge on any atom is 0.308 e. The maximum atomic E-state index is 14.3. The van der Waals surface area contributed by atoms with Crippen molar-refractivity contribution < 1.29 is 57.0 Å². The third-order valence-corrected chi connectivity index (χ3v) is 23.5. The summed E-state index contributed by atoms with van der Waals surface area (Å²) in [7, 11) is -1.93. The number of ether oxygens (including phenoxy) is 9. The average molecular weight is 1110 g/mol. The monoisotopic (exact) mass is 1110 g/mol. The van der Waals surface area contributed by atoms with Crippen LogP contribution in [0.5, 0.6) is 0 Å². The third kappa shape index (κ3) is 9.24. The van der Waals surface area contributed by atoms with E-state index >= 15 is 0 Å². The molecule has 0 aliphatic carbocycles. The van der Waals surface area contributed by atoms with Crippen molar-refractivity contribution in [1.29, 1.82) is 0 Å². The largest absolute Gasteiger partial charge is 0.459 e. The van der Waals surface area contributed by atoms with Gasteiger partial charge in [0.15, 0.2) is 14.1 Å². The number of halogens is 2. The van der Waals surface area contributed by atoms with E-state index in [4.69, 9.17) is 47.1 Å². The van der Waals surface area contributed by atoms with Gasteiger partial charge in [-0.1, -0.05) is 93.0 Å². The number of rotatable bonds is 6.